The Bertz CT molecular complexity index is 417. The number of hydrogen-bond acceptors (Lipinski definition) is 4. The Morgan fingerprint density at radius 1 is 1.17 bits per heavy atom. The van der Waals surface area contributed by atoms with E-state index in [0.717, 1.165) is 30.1 Å². The van der Waals surface area contributed by atoms with Crippen LogP contribution in [0.3, 0.4) is 0 Å². The first-order valence-electron chi connectivity index (χ1n) is 7.21. The van der Waals surface area contributed by atoms with E-state index in [4.69, 9.17) is 0 Å². The Morgan fingerprint density at radius 3 is 2.33 bits per heavy atom. The zero-order valence-corrected chi connectivity index (χ0v) is 11.0. The van der Waals surface area contributed by atoms with E-state index in [9.17, 15) is 0 Å². The second-order valence-corrected chi connectivity index (χ2v) is 6.68. The predicted octanol–water partition coefficient (Wildman–Crippen LogP) is 1.32. The van der Waals surface area contributed by atoms with E-state index in [1.807, 2.05) is 7.05 Å². The molecule has 0 unspecified atom stereocenters. The first-order chi connectivity index (χ1) is 8.79. The third-order valence-electron chi connectivity index (χ3n) is 5.32. The molecule has 4 fully saturated rings. The molecule has 1 aromatic rings. The molecule has 5 nitrogen and oxygen atoms in total. The smallest absolute Gasteiger partial charge is 0.165 e. The van der Waals surface area contributed by atoms with Crippen molar-refractivity contribution in [2.75, 3.05) is 7.05 Å². The Balaban J connectivity index is 1.72. The molecule has 0 atom stereocenters. The third-order valence-corrected chi connectivity index (χ3v) is 5.32. The van der Waals surface area contributed by atoms with Gasteiger partial charge in [-0.2, -0.15) is 0 Å². The molecule has 1 heterocycles. The minimum Gasteiger partial charge on any atom is -0.313 e. The summed E-state index contributed by atoms with van der Waals surface area (Å²) in [6, 6.07) is 0. The van der Waals surface area contributed by atoms with E-state index < -0.39 is 0 Å². The summed E-state index contributed by atoms with van der Waals surface area (Å²) in [5, 5.41) is 15.6. The number of rotatable bonds is 3. The average molecular weight is 247 g/mol. The maximum Gasteiger partial charge on any atom is 0.165 e. The lowest BCUT2D eigenvalue weighted by atomic mass is 9.53. The monoisotopic (exact) mass is 247 g/mol. The van der Waals surface area contributed by atoms with Crippen LogP contribution in [0.5, 0.6) is 0 Å². The van der Waals surface area contributed by atoms with Crippen LogP contribution in [0, 0.1) is 17.8 Å². The van der Waals surface area contributed by atoms with Gasteiger partial charge in [0.25, 0.3) is 0 Å². The van der Waals surface area contributed by atoms with Gasteiger partial charge in [0.15, 0.2) is 5.82 Å². The lowest BCUT2D eigenvalue weighted by Gasteiger charge is -2.56. The highest BCUT2D eigenvalue weighted by Crippen LogP contribution is 2.58. The van der Waals surface area contributed by atoms with Crippen molar-refractivity contribution < 1.29 is 0 Å². The fraction of sp³-hybridized carbons (Fsp3) is 0.923. The van der Waals surface area contributed by atoms with Gasteiger partial charge in [-0.15, -0.1) is 5.10 Å². The van der Waals surface area contributed by atoms with Crippen molar-refractivity contribution in [3.63, 3.8) is 0 Å². The van der Waals surface area contributed by atoms with Crippen LogP contribution in [0.2, 0.25) is 0 Å². The fourth-order valence-electron chi connectivity index (χ4n) is 5.17. The molecule has 0 saturated heterocycles. The second-order valence-electron chi connectivity index (χ2n) is 6.68. The van der Waals surface area contributed by atoms with Gasteiger partial charge in [0.05, 0.1) is 12.1 Å². The van der Waals surface area contributed by atoms with Crippen LogP contribution >= 0.6 is 0 Å². The molecule has 4 aliphatic carbocycles. The quantitative estimate of drug-likeness (QED) is 0.875. The summed E-state index contributed by atoms with van der Waals surface area (Å²) in [7, 11) is 1.96. The van der Waals surface area contributed by atoms with Crippen molar-refractivity contribution in [2.24, 2.45) is 17.8 Å². The third kappa shape index (κ3) is 1.46. The van der Waals surface area contributed by atoms with Gasteiger partial charge in [0.2, 0.25) is 0 Å². The molecule has 0 spiro atoms. The van der Waals surface area contributed by atoms with Crippen LogP contribution in [0.1, 0.15) is 44.3 Å². The van der Waals surface area contributed by atoms with Gasteiger partial charge in [-0.3, -0.25) is 0 Å². The van der Waals surface area contributed by atoms with E-state index in [2.05, 4.69) is 25.5 Å². The Hall–Kier alpha value is -0.970. The molecule has 4 saturated carbocycles. The molecular formula is C13H21N5. The van der Waals surface area contributed by atoms with E-state index in [1.165, 1.54) is 38.5 Å². The van der Waals surface area contributed by atoms with E-state index in [-0.39, 0.29) is 5.54 Å². The minimum absolute atomic E-state index is 0.254. The van der Waals surface area contributed by atoms with Crippen molar-refractivity contribution in [1.29, 1.82) is 0 Å². The fourth-order valence-corrected chi connectivity index (χ4v) is 5.17. The van der Waals surface area contributed by atoms with Crippen LogP contribution in [-0.2, 0) is 12.1 Å². The van der Waals surface area contributed by atoms with E-state index in [0.29, 0.717) is 0 Å². The number of aromatic nitrogens is 4. The highest BCUT2D eigenvalue weighted by Gasteiger charge is 2.53. The molecule has 1 aromatic heterocycles. The molecule has 0 aliphatic heterocycles. The van der Waals surface area contributed by atoms with Crippen molar-refractivity contribution >= 4 is 0 Å². The highest BCUT2D eigenvalue weighted by molar-refractivity contribution is 5.06. The Morgan fingerprint density at radius 2 is 1.78 bits per heavy atom. The lowest BCUT2D eigenvalue weighted by Crippen LogP contribution is -2.52. The van der Waals surface area contributed by atoms with Gasteiger partial charge in [0.1, 0.15) is 0 Å². The largest absolute Gasteiger partial charge is 0.313 e. The van der Waals surface area contributed by atoms with E-state index in [1.54, 1.807) is 0 Å². The highest BCUT2D eigenvalue weighted by atomic mass is 15.6. The van der Waals surface area contributed by atoms with Crippen LogP contribution in [-0.4, -0.2) is 27.3 Å². The van der Waals surface area contributed by atoms with Crippen LogP contribution in [0.15, 0.2) is 0 Å². The zero-order valence-electron chi connectivity index (χ0n) is 11.0. The van der Waals surface area contributed by atoms with Crippen LogP contribution in [0.25, 0.3) is 0 Å². The summed E-state index contributed by atoms with van der Waals surface area (Å²) in [5.74, 6) is 3.81. The van der Waals surface area contributed by atoms with Gasteiger partial charge < -0.3 is 5.32 Å². The summed E-state index contributed by atoms with van der Waals surface area (Å²) in [5.41, 5.74) is 0.254. The number of nitrogens with one attached hydrogen (secondary N) is 1. The standard InChI is InChI=1S/C13H21N5/c1-14-8-12-15-16-17-18(12)13-5-9-2-10(6-13)4-11(3-9)7-13/h9-11,14H,2-8H2,1H3. The molecule has 1 N–H and O–H groups in total. The summed E-state index contributed by atoms with van der Waals surface area (Å²) >= 11 is 0. The SMILES string of the molecule is CNCc1nnnn1C12CC3CC(CC(C3)C1)C2. The van der Waals surface area contributed by atoms with Gasteiger partial charge in [-0.05, 0) is 73.8 Å². The summed E-state index contributed by atoms with van der Waals surface area (Å²) in [4.78, 5) is 0. The van der Waals surface area contributed by atoms with E-state index >= 15 is 0 Å². The molecule has 0 aromatic carbocycles. The molecule has 4 aliphatic rings. The van der Waals surface area contributed by atoms with Gasteiger partial charge in [-0.1, -0.05) is 0 Å². The molecule has 4 bridgehead atoms. The summed E-state index contributed by atoms with van der Waals surface area (Å²) in [6.07, 6.45) is 8.30. The zero-order chi connectivity index (χ0) is 12.2. The van der Waals surface area contributed by atoms with Crippen molar-refractivity contribution in [2.45, 2.75) is 50.6 Å². The molecule has 18 heavy (non-hydrogen) atoms. The molecule has 0 radical (unpaired) electrons. The van der Waals surface area contributed by atoms with Gasteiger partial charge >= 0.3 is 0 Å². The molecule has 5 heteroatoms. The topological polar surface area (TPSA) is 55.6 Å². The van der Waals surface area contributed by atoms with Crippen molar-refractivity contribution in [1.82, 2.24) is 25.5 Å². The van der Waals surface area contributed by atoms with Gasteiger partial charge in [0, 0.05) is 0 Å². The maximum absolute atomic E-state index is 4.34. The number of hydrogen-bond donors (Lipinski definition) is 1. The molecule has 0 amide bonds. The predicted molar refractivity (Wildman–Crippen MR) is 66.7 cm³/mol. The van der Waals surface area contributed by atoms with Crippen molar-refractivity contribution in [3.8, 4) is 0 Å². The second kappa shape index (κ2) is 3.76. The van der Waals surface area contributed by atoms with Crippen LogP contribution in [0.4, 0.5) is 0 Å². The Kier molecular flexibility index (Phi) is 2.28. The van der Waals surface area contributed by atoms with Crippen LogP contribution < -0.4 is 5.32 Å². The van der Waals surface area contributed by atoms with Gasteiger partial charge in [-0.25, -0.2) is 4.68 Å². The summed E-state index contributed by atoms with van der Waals surface area (Å²) < 4.78 is 2.17. The number of tetrazole rings is 1. The average Bonchev–Trinajstić information content (AvgIpc) is 2.76. The first-order valence-corrected chi connectivity index (χ1v) is 7.21. The molecular weight excluding hydrogens is 226 g/mol. The Labute approximate surface area is 107 Å². The molecule has 5 rings (SSSR count). The minimum atomic E-state index is 0.254. The first kappa shape index (κ1) is 10.9. The lowest BCUT2D eigenvalue weighted by molar-refractivity contribution is -0.0518. The van der Waals surface area contributed by atoms with Crippen molar-refractivity contribution in [3.05, 3.63) is 5.82 Å². The maximum atomic E-state index is 4.34. The molecule has 98 valence electrons. The summed E-state index contributed by atoms with van der Waals surface area (Å²) in [6.45, 7) is 0.773. The number of nitrogens with zero attached hydrogens (tertiary/aromatic N) is 4. The normalized spacial score (nSPS) is 41.5.